The van der Waals surface area contributed by atoms with Gasteiger partial charge in [0.1, 0.15) is 18.0 Å². The quantitative estimate of drug-likeness (QED) is 0.873. The molecule has 106 valence electrons. The molecular weight excluding hydrogens is 250 g/mol. The summed E-state index contributed by atoms with van der Waals surface area (Å²) in [6.45, 7) is 5.84. The number of nitrogens with zero attached hydrogens (tertiary/aromatic N) is 4. The summed E-state index contributed by atoms with van der Waals surface area (Å²) in [4.78, 5) is 15.1. The first-order valence-corrected chi connectivity index (χ1v) is 6.89. The van der Waals surface area contributed by atoms with E-state index in [1.807, 2.05) is 38.4 Å². The van der Waals surface area contributed by atoms with Crippen molar-refractivity contribution in [3.63, 3.8) is 0 Å². The van der Waals surface area contributed by atoms with Gasteiger partial charge in [-0.1, -0.05) is 6.07 Å². The van der Waals surface area contributed by atoms with E-state index in [0.717, 1.165) is 42.4 Å². The average Bonchev–Trinajstić information content (AvgIpc) is 2.48. The van der Waals surface area contributed by atoms with Crippen molar-refractivity contribution in [3.8, 4) is 0 Å². The van der Waals surface area contributed by atoms with E-state index in [4.69, 9.17) is 0 Å². The number of aromatic nitrogens is 3. The zero-order valence-electron chi connectivity index (χ0n) is 12.3. The van der Waals surface area contributed by atoms with Gasteiger partial charge in [-0.15, -0.1) is 0 Å². The van der Waals surface area contributed by atoms with Crippen LogP contribution >= 0.6 is 0 Å². The smallest absolute Gasteiger partial charge is 0.136 e. The highest BCUT2D eigenvalue weighted by Gasteiger charge is 2.10. The molecule has 1 N–H and O–H groups in total. The molecule has 2 aromatic heterocycles. The van der Waals surface area contributed by atoms with Crippen molar-refractivity contribution in [1.29, 1.82) is 0 Å². The largest absolute Gasteiger partial charge is 0.370 e. The minimum absolute atomic E-state index is 0.856. The molecular formula is C15H21N5. The number of hydrogen-bond donors (Lipinski definition) is 1. The first kappa shape index (κ1) is 14.2. The first-order valence-electron chi connectivity index (χ1n) is 6.89. The zero-order chi connectivity index (χ0) is 14.4. The fourth-order valence-corrected chi connectivity index (χ4v) is 2.11. The van der Waals surface area contributed by atoms with E-state index < -0.39 is 0 Å². The molecule has 20 heavy (non-hydrogen) atoms. The SMILES string of the molecule is CCNc1ncnc(N(C)CCc2ccccn2)c1C. The second kappa shape index (κ2) is 6.84. The van der Waals surface area contributed by atoms with E-state index in [2.05, 4.69) is 32.1 Å². The predicted octanol–water partition coefficient (Wildman–Crippen LogP) is 2.29. The van der Waals surface area contributed by atoms with Crippen molar-refractivity contribution >= 4 is 11.6 Å². The van der Waals surface area contributed by atoms with Crippen LogP contribution in [0.4, 0.5) is 11.6 Å². The molecule has 0 radical (unpaired) electrons. The summed E-state index contributed by atoms with van der Waals surface area (Å²) in [5.74, 6) is 1.87. The van der Waals surface area contributed by atoms with Gasteiger partial charge < -0.3 is 10.2 Å². The van der Waals surface area contributed by atoms with Gasteiger partial charge in [-0.3, -0.25) is 4.98 Å². The molecule has 0 aliphatic carbocycles. The van der Waals surface area contributed by atoms with E-state index in [9.17, 15) is 0 Å². The van der Waals surface area contributed by atoms with E-state index >= 15 is 0 Å². The van der Waals surface area contributed by atoms with Gasteiger partial charge in [0.05, 0.1) is 0 Å². The lowest BCUT2D eigenvalue weighted by atomic mass is 10.2. The molecule has 5 heteroatoms. The second-order valence-electron chi connectivity index (χ2n) is 4.69. The standard InChI is InChI=1S/C15H21N5/c1-4-16-14-12(2)15(19-11-18-14)20(3)10-8-13-7-5-6-9-17-13/h5-7,9,11H,4,8,10H2,1-3H3,(H,16,18,19). The Morgan fingerprint density at radius 2 is 2.05 bits per heavy atom. The van der Waals surface area contributed by atoms with Crippen LogP contribution in [-0.2, 0) is 6.42 Å². The van der Waals surface area contributed by atoms with Gasteiger partial charge in [0.15, 0.2) is 0 Å². The molecule has 2 heterocycles. The lowest BCUT2D eigenvalue weighted by Gasteiger charge is -2.21. The van der Waals surface area contributed by atoms with E-state index in [1.54, 1.807) is 6.33 Å². The number of hydrogen-bond acceptors (Lipinski definition) is 5. The third-order valence-corrected chi connectivity index (χ3v) is 3.19. The molecule has 0 spiro atoms. The molecule has 0 aliphatic rings. The lowest BCUT2D eigenvalue weighted by Crippen LogP contribution is -2.23. The van der Waals surface area contributed by atoms with Gasteiger partial charge in [0.2, 0.25) is 0 Å². The van der Waals surface area contributed by atoms with Crippen LogP contribution in [0.2, 0.25) is 0 Å². The topological polar surface area (TPSA) is 53.9 Å². The Bertz CT molecular complexity index is 541. The second-order valence-corrected chi connectivity index (χ2v) is 4.69. The molecule has 0 saturated heterocycles. The monoisotopic (exact) mass is 271 g/mol. The summed E-state index contributed by atoms with van der Waals surface area (Å²) in [6, 6.07) is 6.00. The van der Waals surface area contributed by atoms with Crippen LogP contribution in [0.5, 0.6) is 0 Å². The van der Waals surface area contributed by atoms with Crippen LogP contribution in [0.1, 0.15) is 18.2 Å². The van der Waals surface area contributed by atoms with Crippen LogP contribution < -0.4 is 10.2 Å². The van der Waals surface area contributed by atoms with E-state index in [1.165, 1.54) is 0 Å². The molecule has 2 aromatic rings. The molecule has 0 amide bonds. The van der Waals surface area contributed by atoms with Crippen LogP contribution in [0.3, 0.4) is 0 Å². The summed E-state index contributed by atoms with van der Waals surface area (Å²) in [7, 11) is 2.05. The summed E-state index contributed by atoms with van der Waals surface area (Å²) < 4.78 is 0. The normalized spacial score (nSPS) is 10.3. The van der Waals surface area contributed by atoms with Crippen molar-refractivity contribution in [2.24, 2.45) is 0 Å². The number of rotatable bonds is 6. The van der Waals surface area contributed by atoms with Gasteiger partial charge in [-0.2, -0.15) is 0 Å². The number of anilines is 2. The van der Waals surface area contributed by atoms with Gasteiger partial charge in [-0.05, 0) is 26.0 Å². The highest BCUT2D eigenvalue weighted by molar-refractivity contribution is 5.57. The molecule has 2 rings (SSSR count). The maximum absolute atomic E-state index is 4.39. The van der Waals surface area contributed by atoms with Crippen molar-refractivity contribution in [2.45, 2.75) is 20.3 Å². The Labute approximate surface area is 120 Å². The molecule has 0 aromatic carbocycles. The Morgan fingerprint density at radius 3 is 2.75 bits per heavy atom. The first-order chi connectivity index (χ1) is 9.72. The Balaban J connectivity index is 2.05. The van der Waals surface area contributed by atoms with E-state index in [-0.39, 0.29) is 0 Å². The minimum Gasteiger partial charge on any atom is -0.370 e. The molecule has 0 fully saturated rings. The fourth-order valence-electron chi connectivity index (χ4n) is 2.11. The zero-order valence-corrected chi connectivity index (χ0v) is 12.3. The summed E-state index contributed by atoms with van der Waals surface area (Å²) in [5, 5.41) is 3.25. The maximum atomic E-state index is 4.39. The predicted molar refractivity (Wildman–Crippen MR) is 82.1 cm³/mol. The van der Waals surface area contributed by atoms with Crippen molar-refractivity contribution < 1.29 is 0 Å². The summed E-state index contributed by atoms with van der Waals surface area (Å²) in [5.41, 5.74) is 2.18. The van der Waals surface area contributed by atoms with Crippen LogP contribution in [0.15, 0.2) is 30.7 Å². The molecule has 0 saturated carbocycles. The molecule has 0 unspecified atom stereocenters. The van der Waals surface area contributed by atoms with Crippen molar-refractivity contribution in [2.75, 3.05) is 30.4 Å². The molecule has 5 nitrogen and oxygen atoms in total. The van der Waals surface area contributed by atoms with Gasteiger partial charge in [0.25, 0.3) is 0 Å². The fraction of sp³-hybridized carbons (Fsp3) is 0.400. The molecule has 0 bridgehead atoms. The molecule has 0 aliphatic heterocycles. The van der Waals surface area contributed by atoms with Crippen LogP contribution in [0, 0.1) is 6.92 Å². The minimum atomic E-state index is 0.856. The van der Waals surface area contributed by atoms with Crippen molar-refractivity contribution in [1.82, 2.24) is 15.0 Å². The number of likely N-dealkylation sites (N-methyl/N-ethyl adjacent to an activating group) is 1. The highest BCUT2D eigenvalue weighted by atomic mass is 15.2. The van der Waals surface area contributed by atoms with Crippen LogP contribution in [-0.4, -0.2) is 35.1 Å². The van der Waals surface area contributed by atoms with E-state index in [0.29, 0.717) is 0 Å². The third kappa shape index (κ3) is 3.44. The number of pyridine rings is 1. The Kier molecular flexibility index (Phi) is 4.87. The maximum Gasteiger partial charge on any atom is 0.136 e. The molecule has 0 atom stereocenters. The Morgan fingerprint density at radius 1 is 1.20 bits per heavy atom. The number of nitrogens with one attached hydrogen (secondary N) is 1. The highest BCUT2D eigenvalue weighted by Crippen LogP contribution is 2.21. The van der Waals surface area contributed by atoms with Gasteiger partial charge in [-0.25, -0.2) is 9.97 Å². The average molecular weight is 271 g/mol. The van der Waals surface area contributed by atoms with Crippen molar-refractivity contribution in [3.05, 3.63) is 42.0 Å². The third-order valence-electron chi connectivity index (χ3n) is 3.19. The van der Waals surface area contributed by atoms with Gasteiger partial charge in [0, 0.05) is 44.0 Å². The van der Waals surface area contributed by atoms with Gasteiger partial charge >= 0.3 is 0 Å². The summed E-state index contributed by atoms with van der Waals surface area (Å²) in [6.07, 6.45) is 4.34. The Hall–Kier alpha value is -2.17. The van der Waals surface area contributed by atoms with Crippen LogP contribution in [0.25, 0.3) is 0 Å². The summed E-state index contributed by atoms with van der Waals surface area (Å²) >= 11 is 0. The lowest BCUT2D eigenvalue weighted by molar-refractivity contribution is 0.831.